The third-order valence-corrected chi connectivity index (χ3v) is 3.90. The number of thiophene rings is 1. The van der Waals surface area contributed by atoms with Crippen molar-refractivity contribution < 1.29 is 19.5 Å². The van der Waals surface area contributed by atoms with Crippen molar-refractivity contribution in [2.75, 3.05) is 19.7 Å². The minimum absolute atomic E-state index is 0.306. The summed E-state index contributed by atoms with van der Waals surface area (Å²) >= 11 is 1.16. The van der Waals surface area contributed by atoms with E-state index in [1.807, 2.05) is 13.8 Å². The number of aliphatic hydroxyl groups is 1. The fraction of sp³-hybridized carbons (Fsp3) is 0.533. The first kappa shape index (κ1) is 18.3. The zero-order valence-corrected chi connectivity index (χ0v) is 13.7. The van der Waals surface area contributed by atoms with E-state index in [2.05, 4.69) is 5.32 Å². The molecule has 0 spiro atoms. The monoisotopic (exact) mass is 326 g/mol. The average Bonchev–Trinajstić information content (AvgIpc) is 3.05. The van der Waals surface area contributed by atoms with E-state index in [1.165, 1.54) is 0 Å². The lowest BCUT2D eigenvalue weighted by Crippen LogP contribution is -2.52. The van der Waals surface area contributed by atoms with Crippen LogP contribution in [0, 0.1) is 0 Å². The van der Waals surface area contributed by atoms with Crippen LogP contribution in [0.1, 0.15) is 36.4 Å². The Morgan fingerprint density at radius 1 is 1.27 bits per heavy atom. The number of aliphatic hydroxyl groups excluding tert-OH is 1. The van der Waals surface area contributed by atoms with Gasteiger partial charge in [0.2, 0.25) is 5.91 Å². The van der Waals surface area contributed by atoms with Crippen molar-refractivity contribution in [3.05, 3.63) is 22.4 Å². The SMILES string of the molecule is CCCN(CCC)C(=O)C(CO)NC(=O)C(=O)c1cccs1. The maximum Gasteiger partial charge on any atom is 0.293 e. The van der Waals surface area contributed by atoms with Gasteiger partial charge in [-0.05, 0) is 24.3 Å². The first-order valence-electron chi connectivity index (χ1n) is 7.33. The topological polar surface area (TPSA) is 86.7 Å². The highest BCUT2D eigenvalue weighted by molar-refractivity contribution is 7.13. The van der Waals surface area contributed by atoms with Gasteiger partial charge in [0.15, 0.2) is 0 Å². The van der Waals surface area contributed by atoms with Crippen LogP contribution in [0.5, 0.6) is 0 Å². The number of amides is 2. The number of nitrogens with one attached hydrogen (secondary N) is 1. The largest absolute Gasteiger partial charge is 0.394 e. The van der Waals surface area contributed by atoms with Gasteiger partial charge in [0, 0.05) is 13.1 Å². The van der Waals surface area contributed by atoms with E-state index in [0.717, 1.165) is 24.2 Å². The predicted octanol–water partition coefficient (Wildman–Crippen LogP) is 1.06. The Bertz CT molecular complexity index is 496. The molecule has 6 nitrogen and oxygen atoms in total. The number of nitrogens with zero attached hydrogens (tertiary/aromatic N) is 1. The number of hydrogen-bond acceptors (Lipinski definition) is 5. The Kier molecular flexibility index (Phi) is 7.76. The van der Waals surface area contributed by atoms with Crippen LogP contribution < -0.4 is 5.32 Å². The Morgan fingerprint density at radius 3 is 2.36 bits per heavy atom. The van der Waals surface area contributed by atoms with Crippen molar-refractivity contribution in [3.63, 3.8) is 0 Å². The lowest BCUT2D eigenvalue weighted by atomic mass is 10.2. The second kappa shape index (κ2) is 9.32. The molecule has 0 aliphatic carbocycles. The van der Waals surface area contributed by atoms with Crippen molar-refractivity contribution in [1.82, 2.24) is 10.2 Å². The minimum atomic E-state index is -1.09. The van der Waals surface area contributed by atoms with Crippen molar-refractivity contribution >= 4 is 28.9 Å². The summed E-state index contributed by atoms with van der Waals surface area (Å²) in [6.45, 7) is 4.47. The molecule has 122 valence electrons. The summed E-state index contributed by atoms with van der Waals surface area (Å²) in [5.74, 6) is -1.93. The van der Waals surface area contributed by atoms with Gasteiger partial charge in [0.05, 0.1) is 11.5 Å². The van der Waals surface area contributed by atoms with Crippen molar-refractivity contribution in [3.8, 4) is 0 Å². The summed E-state index contributed by atoms with van der Waals surface area (Å²) in [6.07, 6.45) is 1.57. The zero-order valence-electron chi connectivity index (χ0n) is 12.9. The van der Waals surface area contributed by atoms with E-state index in [1.54, 1.807) is 22.4 Å². The fourth-order valence-electron chi connectivity index (χ4n) is 2.02. The molecule has 1 unspecified atom stereocenters. The summed E-state index contributed by atoms with van der Waals surface area (Å²) in [6, 6.07) is 2.13. The van der Waals surface area contributed by atoms with Gasteiger partial charge in [-0.15, -0.1) is 11.3 Å². The van der Waals surface area contributed by atoms with Gasteiger partial charge >= 0.3 is 0 Å². The van der Waals surface area contributed by atoms with Crippen LogP contribution in [0.15, 0.2) is 17.5 Å². The second-order valence-electron chi connectivity index (χ2n) is 4.84. The van der Waals surface area contributed by atoms with Crippen LogP contribution in [-0.2, 0) is 9.59 Å². The highest BCUT2D eigenvalue weighted by Crippen LogP contribution is 2.09. The van der Waals surface area contributed by atoms with Crippen molar-refractivity contribution in [2.45, 2.75) is 32.7 Å². The molecule has 2 amide bonds. The van der Waals surface area contributed by atoms with Gasteiger partial charge in [0.1, 0.15) is 6.04 Å². The molecule has 0 saturated carbocycles. The molecule has 1 atom stereocenters. The second-order valence-corrected chi connectivity index (χ2v) is 5.79. The maximum atomic E-state index is 12.3. The minimum Gasteiger partial charge on any atom is -0.394 e. The zero-order chi connectivity index (χ0) is 16.5. The molecule has 1 aromatic rings. The first-order valence-corrected chi connectivity index (χ1v) is 8.21. The number of ketones is 1. The van der Waals surface area contributed by atoms with Crippen LogP contribution in [0.2, 0.25) is 0 Å². The molecular weight excluding hydrogens is 304 g/mol. The van der Waals surface area contributed by atoms with E-state index in [9.17, 15) is 19.5 Å². The number of carbonyl (C=O) groups excluding carboxylic acids is 3. The Hall–Kier alpha value is -1.73. The summed E-state index contributed by atoms with van der Waals surface area (Å²) < 4.78 is 0. The predicted molar refractivity (Wildman–Crippen MR) is 84.8 cm³/mol. The molecule has 0 radical (unpaired) electrons. The Morgan fingerprint density at radius 2 is 1.91 bits per heavy atom. The Labute approximate surface area is 134 Å². The van der Waals surface area contributed by atoms with Gasteiger partial charge in [-0.1, -0.05) is 19.9 Å². The lowest BCUT2D eigenvalue weighted by molar-refractivity contribution is -0.136. The van der Waals surface area contributed by atoms with Crippen LogP contribution in [-0.4, -0.2) is 53.3 Å². The number of hydrogen-bond donors (Lipinski definition) is 2. The normalized spacial score (nSPS) is 11.8. The van der Waals surface area contributed by atoms with Crippen molar-refractivity contribution in [1.29, 1.82) is 0 Å². The molecule has 0 saturated heterocycles. The van der Waals surface area contributed by atoms with E-state index in [-0.39, 0.29) is 5.91 Å². The van der Waals surface area contributed by atoms with Crippen LogP contribution in [0.25, 0.3) is 0 Å². The summed E-state index contributed by atoms with van der Waals surface area (Å²) in [7, 11) is 0. The van der Waals surface area contributed by atoms with Crippen LogP contribution in [0.3, 0.4) is 0 Å². The van der Waals surface area contributed by atoms with Gasteiger partial charge < -0.3 is 15.3 Å². The van der Waals surface area contributed by atoms with Crippen LogP contribution >= 0.6 is 11.3 Å². The molecule has 0 fully saturated rings. The molecule has 0 aliphatic heterocycles. The molecule has 1 aromatic heterocycles. The molecule has 2 N–H and O–H groups in total. The van der Waals surface area contributed by atoms with E-state index >= 15 is 0 Å². The Balaban J connectivity index is 2.72. The standard InChI is InChI=1S/C15H22N2O4S/c1-3-7-17(8-4-2)15(21)11(10-18)16-14(20)13(19)12-6-5-9-22-12/h5-6,9,11,18H,3-4,7-8,10H2,1-2H3,(H,16,20). The molecule has 1 heterocycles. The van der Waals surface area contributed by atoms with Gasteiger partial charge in [0.25, 0.3) is 11.7 Å². The van der Waals surface area contributed by atoms with Gasteiger partial charge in [-0.3, -0.25) is 14.4 Å². The highest BCUT2D eigenvalue weighted by Gasteiger charge is 2.27. The van der Waals surface area contributed by atoms with E-state index in [0.29, 0.717) is 18.0 Å². The number of Topliss-reactive ketones (excluding diaryl/α,β-unsaturated/α-hetero) is 1. The molecule has 0 aliphatic rings. The maximum absolute atomic E-state index is 12.3. The highest BCUT2D eigenvalue weighted by atomic mass is 32.1. The summed E-state index contributed by atoms with van der Waals surface area (Å²) in [4.78, 5) is 38.1. The average molecular weight is 326 g/mol. The smallest absolute Gasteiger partial charge is 0.293 e. The first-order chi connectivity index (χ1) is 10.5. The summed E-state index contributed by atoms with van der Waals surface area (Å²) in [5, 5.41) is 13.4. The molecule has 22 heavy (non-hydrogen) atoms. The molecule has 0 aromatic carbocycles. The quantitative estimate of drug-likeness (QED) is 0.525. The number of carbonyl (C=O) groups is 3. The molecule has 1 rings (SSSR count). The van der Waals surface area contributed by atoms with Gasteiger partial charge in [-0.25, -0.2) is 0 Å². The lowest BCUT2D eigenvalue weighted by Gasteiger charge is -2.26. The number of rotatable bonds is 9. The third kappa shape index (κ3) is 4.92. The van der Waals surface area contributed by atoms with E-state index < -0.39 is 24.3 Å². The van der Waals surface area contributed by atoms with Crippen LogP contribution in [0.4, 0.5) is 0 Å². The summed E-state index contributed by atoms with van der Waals surface area (Å²) in [5.41, 5.74) is 0. The molecular formula is C15H22N2O4S. The fourth-order valence-corrected chi connectivity index (χ4v) is 2.68. The third-order valence-electron chi connectivity index (χ3n) is 3.04. The molecule has 7 heteroatoms. The van der Waals surface area contributed by atoms with Crippen molar-refractivity contribution in [2.24, 2.45) is 0 Å². The van der Waals surface area contributed by atoms with Gasteiger partial charge in [-0.2, -0.15) is 0 Å². The van der Waals surface area contributed by atoms with E-state index in [4.69, 9.17) is 0 Å². The molecule has 0 bridgehead atoms.